The lowest BCUT2D eigenvalue weighted by atomic mass is 10.1. The van der Waals surface area contributed by atoms with E-state index in [4.69, 9.17) is 4.74 Å². The monoisotopic (exact) mass is 225 g/mol. The molecular weight excluding hydrogens is 210 g/mol. The van der Waals surface area contributed by atoms with Gasteiger partial charge in [0.05, 0.1) is 6.61 Å². The van der Waals surface area contributed by atoms with Crippen LogP contribution in [0.25, 0.3) is 0 Å². The van der Waals surface area contributed by atoms with Crippen LogP contribution in [0, 0.1) is 0 Å². The van der Waals surface area contributed by atoms with E-state index >= 15 is 0 Å². The summed E-state index contributed by atoms with van der Waals surface area (Å²) in [5, 5.41) is 9.49. The van der Waals surface area contributed by atoms with E-state index in [9.17, 15) is 0 Å². The highest BCUT2D eigenvalue weighted by Crippen LogP contribution is 2.25. The van der Waals surface area contributed by atoms with Crippen LogP contribution in [0.5, 0.6) is 0 Å². The van der Waals surface area contributed by atoms with Crippen LogP contribution in [0.3, 0.4) is 0 Å². The molecule has 1 N–H and O–H groups in total. The summed E-state index contributed by atoms with van der Waals surface area (Å²) in [6, 6.07) is 0.0891. The van der Waals surface area contributed by atoms with Crippen LogP contribution in [0.15, 0.2) is 17.2 Å². The number of aromatic nitrogens is 2. The van der Waals surface area contributed by atoms with Crippen LogP contribution in [0.2, 0.25) is 0 Å². The molecule has 0 saturated carbocycles. The quantitative estimate of drug-likeness (QED) is 0.831. The van der Waals surface area contributed by atoms with Gasteiger partial charge in [0, 0.05) is 11.8 Å². The molecule has 1 aliphatic rings. The zero-order valence-electron chi connectivity index (χ0n) is 8.77. The van der Waals surface area contributed by atoms with Crippen LogP contribution in [0.4, 0.5) is 0 Å². The SMILES string of the molecule is CCCNC(C1=CCCO1)c1csnn1. The predicted octanol–water partition coefficient (Wildman–Crippen LogP) is 1.88. The molecule has 0 saturated heterocycles. The first-order valence-corrected chi connectivity index (χ1v) is 6.08. The lowest BCUT2D eigenvalue weighted by Crippen LogP contribution is -2.24. The molecule has 0 amide bonds. The Labute approximate surface area is 93.5 Å². The van der Waals surface area contributed by atoms with Gasteiger partial charge in [-0.1, -0.05) is 11.4 Å². The zero-order chi connectivity index (χ0) is 10.5. The van der Waals surface area contributed by atoms with Gasteiger partial charge in [-0.05, 0) is 30.6 Å². The van der Waals surface area contributed by atoms with Crippen molar-refractivity contribution >= 4 is 11.5 Å². The van der Waals surface area contributed by atoms with Gasteiger partial charge in [0.15, 0.2) is 0 Å². The second-order valence-electron chi connectivity index (χ2n) is 3.46. The van der Waals surface area contributed by atoms with Gasteiger partial charge in [-0.2, -0.15) is 0 Å². The fourth-order valence-corrected chi connectivity index (χ4v) is 2.06. The summed E-state index contributed by atoms with van der Waals surface area (Å²) in [4.78, 5) is 0. The van der Waals surface area contributed by atoms with E-state index in [1.54, 1.807) is 0 Å². The average molecular weight is 225 g/mol. The van der Waals surface area contributed by atoms with E-state index < -0.39 is 0 Å². The van der Waals surface area contributed by atoms with Crippen LogP contribution in [0.1, 0.15) is 31.5 Å². The van der Waals surface area contributed by atoms with Crippen molar-refractivity contribution in [3.05, 3.63) is 22.9 Å². The van der Waals surface area contributed by atoms with Gasteiger partial charge in [-0.25, -0.2) is 0 Å². The summed E-state index contributed by atoms with van der Waals surface area (Å²) >= 11 is 1.38. The van der Waals surface area contributed by atoms with Crippen molar-refractivity contribution in [2.45, 2.75) is 25.8 Å². The Balaban J connectivity index is 2.09. The van der Waals surface area contributed by atoms with E-state index in [0.717, 1.165) is 37.4 Å². The number of hydrogen-bond acceptors (Lipinski definition) is 5. The van der Waals surface area contributed by atoms with Gasteiger partial charge < -0.3 is 10.1 Å². The highest BCUT2D eigenvalue weighted by Gasteiger charge is 2.22. The lowest BCUT2D eigenvalue weighted by Gasteiger charge is -2.16. The minimum Gasteiger partial charge on any atom is -0.496 e. The first-order valence-electron chi connectivity index (χ1n) is 5.25. The van der Waals surface area contributed by atoms with Crippen LogP contribution in [-0.4, -0.2) is 22.7 Å². The fourth-order valence-electron chi connectivity index (χ4n) is 1.58. The van der Waals surface area contributed by atoms with Gasteiger partial charge in [0.2, 0.25) is 0 Å². The molecule has 82 valence electrons. The van der Waals surface area contributed by atoms with Crippen LogP contribution < -0.4 is 5.32 Å². The summed E-state index contributed by atoms with van der Waals surface area (Å²) in [5.74, 6) is 0.996. The second kappa shape index (κ2) is 5.23. The Morgan fingerprint density at radius 2 is 2.60 bits per heavy atom. The Morgan fingerprint density at radius 1 is 1.67 bits per heavy atom. The minimum atomic E-state index is 0.0891. The van der Waals surface area contributed by atoms with Crippen LogP contribution >= 0.6 is 11.5 Å². The molecule has 1 unspecified atom stereocenters. The Kier molecular flexibility index (Phi) is 3.69. The molecule has 0 aliphatic carbocycles. The van der Waals surface area contributed by atoms with E-state index in [1.807, 2.05) is 5.38 Å². The van der Waals surface area contributed by atoms with E-state index in [0.29, 0.717) is 0 Å². The number of rotatable bonds is 5. The summed E-state index contributed by atoms with van der Waals surface area (Å²) in [6.07, 6.45) is 4.23. The molecule has 0 spiro atoms. The highest BCUT2D eigenvalue weighted by atomic mass is 32.1. The second-order valence-corrected chi connectivity index (χ2v) is 4.07. The van der Waals surface area contributed by atoms with E-state index in [2.05, 4.69) is 27.9 Å². The maximum absolute atomic E-state index is 5.57. The number of nitrogens with zero attached hydrogens (tertiary/aromatic N) is 2. The largest absolute Gasteiger partial charge is 0.496 e. The van der Waals surface area contributed by atoms with Crippen molar-refractivity contribution in [2.75, 3.05) is 13.2 Å². The smallest absolute Gasteiger partial charge is 0.115 e. The molecule has 2 heterocycles. The normalized spacial score (nSPS) is 17.3. The average Bonchev–Trinajstić information content (AvgIpc) is 2.90. The molecule has 0 fully saturated rings. The van der Waals surface area contributed by atoms with Crippen molar-refractivity contribution in [1.82, 2.24) is 14.9 Å². The number of ether oxygens (including phenoxy) is 1. The third-order valence-electron chi connectivity index (χ3n) is 2.29. The van der Waals surface area contributed by atoms with Gasteiger partial charge in [-0.3, -0.25) is 0 Å². The standard InChI is InChI=1S/C10H15N3OS/c1-2-5-11-10(8-7-15-13-12-8)9-4-3-6-14-9/h4,7,10-11H,2-3,5-6H2,1H3. The van der Waals surface area contributed by atoms with Crippen molar-refractivity contribution in [1.29, 1.82) is 0 Å². The van der Waals surface area contributed by atoms with Gasteiger partial charge in [-0.15, -0.1) is 5.10 Å². The molecule has 1 atom stereocenters. The zero-order valence-corrected chi connectivity index (χ0v) is 9.59. The summed E-state index contributed by atoms with van der Waals surface area (Å²) in [6.45, 7) is 3.90. The summed E-state index contributed by atoms with van der Waals surface area (Å²) < 4.78 is 9.46. The molecule has 0 bridgehead atoms. The topological polar surface area (TPSA) is 47.0 Å². The molecular formula is C10H15N3OS. The minimum absolute atomic E-state index is 0.0891. The number of nitrogens with one attached hydrogen (secondary N) is 1. The van der Waals surface area contributed by atoms with Gasteiger partial charge in [0.1, 0.15) is 17.5 Å². The highest BCUT2D eigenvalue weighted by molar-refractivity contribution is 7.03. The van der Waals surface area contributed by atoms with Gasteiger partial charge >= 0.3 is 0 Å². The maximum Gasteiger partial charge on any atom is 0.115 e. The predicted molar refractivity (Wildman–Crippen MR) is 59.6 cm³/mol. The first-order chi connectivity index (χ1) is 7.42. The van der Waals surface area contributed by atoms with E-state index in [-0.39, 0.29) is 6.04 Å². The fraction of sp³-hybridized carbons (Fsp3) is 0.600. The van der Waals surface area contributed by atoms with Crippen LogP contribution in [-0.2, 0) is 4.74 Å². The number of hydrogen-bond donors (Lipinski definition) is 1. The Hall–Kier alpha value is -0.940. The molecule has 2 rings (SSSR count). The Morgan fingerprint density at radius 3 is 3.20 bits per heavy atom. The summed E-state index contributed by atoms with van der Waals surface area (Å²) in [5.41, 5.74) is 0.960. The molecule has 1 aromatic rings. The maximum atomic E-state index is 5.57. The van der Waals surface area contributed by atoms with Gasteiger partial charge in [0.25, 0.3) is 0 Å². The third kappa shape index (κ3) is 2.54. The van der Waals surface area contributed by atoms with Crippen molar-refractivity contribution in [3.63, 3.8) is 0 Å². The van der Waals surface area contributed by atoms with Crippen molar-refractivity contribution in [3.8, 4) is 0 Å². The molecule has 1 aromatic heterocycles. The molecule has 15 heavy (non-hydrogen) atoms. The molecule has 5 heteroatoms. The molecule has 1 aliphatic heterocycles. The van der Waals surface area contributed by atoms with E-state index in [1.165, 1.54) is 11.5 Å². The third-order valence-corrected chi connectivity index (χ3v) is 2.81. The summed E-state index contributed by atoms with van der Waals surface area (Å²) in [7, 11) is 0. The van der Waals surface area contributed by atoms with Crippen molar-refractivity contribution in [2.24, 2.45) is 0 Å². The van der Waals surface area contributed by atoms with Crippen molar-refractivity contribution < 1.29 is 4.74 Å². The molecule has 0 aromatic carbocycles. The Bertz CT molecular complexity index is 323. The molecule has 0 radical (unpaired) electrons. The lowest BCUT2D eigenvalue weighted by molar-refractivity contribution is 0.214. The molecule has 4 nitrogen and oxygen atoms in total. The first kappa shape index (κ1) is 10.6.